The summed E-state index contributed by atoms with van der Waals surface area (Å²) in [5.41, 5.74) is 0.595. The second-order valence-corrected chi connectivity index (χ2v) is 5.10. The number of nitro benzene ring substituents is 1. The molecule has 20 heavy (non-hydrogen) atoms. The summed E-state index contributed by atoms with van der Waals surface area (Å²) in [6.45, 7) is 4.14. The van der Waals surface area contributed by atoms with Crippen molar-refractivity contribution in [3.8, 4) is 0 Å². The van der Waals surface area contributed by atoms with Gasteiger partial charge in [0.05, 0.1) is 17.4 Å². The van der Waals surface area contributed by atoms with Gasteiger partial charge in [0.25, 0.3) is 5.69 Å². The minimum Gasteiger partial charge on any atom is -0.393 e. The van der Waals surface area contributed by atoms with E-state index in [0.29, 0.717) is 18.5 Å². The van der Waals surface area contributed by atoms with Gasteiger partial charge in [0, 0.05) is 18.7 Å². The molecular formula is C14H20N2O4. The molecule has 0 aliphatic rings. The van der Waals surface area contributed by atoms with Crippen LogP contribution in [0.3, 0.4) is 0 Å². The maximum atomic E-state index is 11.7. The summed E-state index contributed by atoms with van der Waals surface area (Å²) in [5, 5.41) is 22.6. The smallest absolute Gasteiger partial charge is 0.269 e. The first-order valence-corrected chi connectivity index (χ1v) is 6.56. The van der Waals surface area contributed by atoms with E-state index < -0.39 is 11.0 Å². The minimum absolute atomic E-state index is 0.0160. The molecule has 0 aliphatic carbocycles. The molecule has 110 valence electrons. The summed E-state index contributed by atoms with van der Waals surface area (Å²) in [7, 11) is 0. The van der Waals surface area contributed by atoms with Crippen molar-refractivity contribution >= 4 is 11.6 Å². The molecule has 0 saturated carbocycles. The van der Waals surface area contributed by atoms with Gasteiger partial charge in [-0.25, -0.2) is 0 Å². The molecule has 1 aromatic carbocycles. The molecule has 0 spiro atoms. The van der Waals surface area contributed by atoms with Crippen molar-refractivity contribution in [1.82, 2.24) is 5.32 Å². The lowest BCUT2D eigenvalue weighted by atomic mass is 10.0. The summed E-state index contributed by atoms with van der Waals surface area (Å²) in [6, 6.07) is 6.05. The number of aliphatic hydroxyl groups excluding tert-OH is 1. The highest BCUT2D eigenvalue weighted by Crippen LogP contribution is 2.13. The average molecular weight is 280 g/mol. The van der Waals surface area contributed by atoms with E-state index in [1.54, 1.807) is 19.1 Å². The zero-order valence-corrected chi connectivity index (χ0v) is 11.7. The maximum absolute atomic E-state index is 11.7. The zero-order chi connectivity index (χ0) is 15.1. The number of carbonyl (C=O) groups excluding carboxylic acids is 1. The molecule has 1 rings (SSSR count). The fourth-order valence-electron chi connectivity index (χ4n) is 1.98. The fourth-order valence-corrected chi connectivity index (χ4v) is 1.98. The first-order chi connectivity index (χ1) is 9.38. The number of hydrogen-bond acceptors (Lipinski definition) is 4. The molecule has 0 aromatic heterocycles. The predicted molar refractivity (Wildman–Crippen MR) is 75.3 cm³/mol. The molecule has 0 saturated heterocycles. The van der Waals surface area contributed by atoms with E-state index in [2.05, 4.69) is 5.32 Å². The number of non-ortho nitro benzene ring substituents is 1. The third-order valence-electron chi connectivity index (χ3n) is 2.88. The Hall–Kier alpha value is -1.95. The van der Waals surface area contributed by atoms with Crippen molar-refractivity contribution in [2.75, 3.05) is 6.54 Å². The molecule has 6 heteroatoms. The van der Waals surface area contributed by atoms with E-state index >= 15 is 0 Å². The van der Waals surface area contributed by atoms with Gasteiger partial charge in [0.15, 0.2) is 0 Å². The molecule has 2 N–H and O–H groups in total. The number of carbonyl (C=O) groups is 1. The molecule has 6 nitrogen and oxygen atoms in total. The number of rotatable bonds is 7. The average Bonchev–Trinajstić information content (AvgIpc) is 2.36. The van der Waals surface area contributed by atoms with Crippen LogP contribution in [0.1, 0.15) is 25.8 Å². The first kappa shape index (κ1) is 16.1. The molecule has 0 fully saturated rings. The van der Waals surface area contributed by atoms with Crippen LogP contribution in [-0.2, 0) is 11.2 Å². The van der Waals surface area contributed by atoms with Crippen molar-refractivity contribution < 1.29 is 14.8 Å². The van der Waals surface area contributed by atoms with Gasteiger partial charge in [-0.05, 0) is 24.8 Å². The fraction of sp³-hybridized carbons (Fsp3) is 0.500. The van der Waals surface area contributed by atoms with Crippen LogP contribution in [0, 0.1) is 16.0 Å². The molecule has 2 atom stereocenters. The van der Waals surface area contributed by atoms with Gasteiger partial charge in [-0.15, -0.1) is 0 Å². The standard InChI is InChI=1S/C14H20N2O4/c1-10(6-11(2)17)9-15-14(18)8-12-4-3-5-13(7-12)16(19)20/h3-5,7,10-11,17H,6,8-9H2,1-2H3,(H,15,18). The van der Waals surface area contributed by atoms with Crippen molar-refractivity contribution in [2.45, 2.75) is 32.8 Å². The number of aliphatic hydroxyl groups is 1. The lowest BCUT2D eigenvalue weighted by Gasteiger charge is -2.14. The lowest BCUT2D eigenvalue weighted by Crippen LogP contribution is -2.30. The van der Waals surface area contributed by atoms with Crippen molar-refractivity contribution in [3.05, 3.63) is 39.9 Å². The maximum Gasteiger partial charge on any atom is 0.269 e. The Morgan fingerprint density at radius 3 is 2.75 bits per heavy atom. The van der Waals surface area contributed by atoms with Gasteiger partial charge >= 0.3 is 0 Å². The van der Waals surface area contributed by atoms with Crippen LogP contribution in [0.2, 0.25) is 0 Å². The SMILES string of the molecule is CC(O)CC(C)CNC(=O)Cc1cccc([N+](=O)[O-])c1. The molecule has 0 heterocycles. The first-order valence-electron chi connectivity index (χ1n) is 6.56. The van der Waals surface area contributed by atoms with Crippen molar-refractivity contribution in [3.63, 3.8) is 0 Å². The second kappa shape index (κ2) is 7.59. The van der Waals surface area contributed by atoms with E-state index in [9.17, 15) is 20.0 Å². The van der Waals surface area contributed by atoms with E-state index in [1.807, 2.05) is 6.92 Å². The van der Waals surface area contributed by atoms with Gasteiger partial charge in [-0.2, -0.15) is 0 Å². The van der Waals surface area contributed by atoms with E-state index in [-0.39, 0.29) is 23.9 Å². The third-order valence-corrected chi connectivity index (χ3v) is 2.88. The Morgan fingerprint density at radius 2 is 2.15 bits per heavy atom. The Bertz CT molecular complexity index is 474. The van der Waals surface area contributed by atoms with Gasteiger partial charge in [0.2, 0.25) is 5.91 Å². The minimum atomic E-state index is -0.480. The topological polar surface area (TPSA) is 92.5 Å². The summed E-state index contributed by atoms with van der Waals surface area (Å²) in [5.74, 6) is 0.00648. The van der Waals surface area contributed by atoms with Crippen molar-refractivity contribution in [2.24, 2.45) is 5.92 Å². The Labute approximate surface area is 118 Å². The number of amides is 1. The van der Waals surface area contributed by atoms with Gasteiger partial charge < -0.3 is 10.4 Å². The summed E-state index contributed by atoms with van der Waals surface area (Å²) in [6.07, 6.45) is 0.346. The second-order valence-electron chi connectivity index (χ2n) is 5.10. The Balaban J connectivity index is 2.46. The quantitative estimate of drug-likeness (QED) is 0.587. The number of hydrogen-bond donors (Lipinski definition) is 2. The predicted octanol–water partition coefficient (Wildman–Crippen LogP) is 1.66. The number of nitro groups is 1. The highest BCUT2D eigenvalue weighted by Gasteiger charge is 2.11. The van der Waals surface area contributed by atoms with Crippen LogP contribution in [0.4, 0.5) is 5.69 Å². The van der Waals surface area contributed by atoms with Gasteiger partial charge in [0.1, 0.15) is 0 Å². The van der Waals surface area contributed by atoms with Crippen LogP contribution in [0.25, 0.3) is 0 Å². The normalized spacial score (nSPS) is 13.6. The van der Waals surface area contributed by atoms with E-state index in [1.165, 1.54) is 12.1 Å². The Morgan fingerprint density at radius 1 is 1.45 bits per heavy atom. The summed E-state index contributed by atoms with van der Waals surface area (Å²) >= 11 is 0. The third kappa shape index (κ3) is 5.79. The zero-order valence-electron chi connectivity index (χ0n) is 11.7. The van der Waals surface area contributed by atoms with Crippen molar-refractivity contribution in [1.29, 1.82) is 0 Å². The molecule has 0 bridgehead atoms. The molecule has 0 aliphatic heterocycles. The monoisotopic (exact) mass is 280 g/mol. The number of nitrogens with one attached hydrogen (secondary N) is 1. The van der Waals surface area contributed by atoms with E-state index in [4.69, 9.17) is 0 Å². The number of nitrogens with zero attached hydrogens (tertiary/aromatic N) is 1. The van der Waals surface area contributed by atoms with Crippen LogP contribution >= 0.6 is 0 Å². The van der Waals surface area contributed by atoms with Crippen LogP contribution in [-0.4, -0.2) is 28.6 Å². The molecule has 0 radical (unpaired) electrons. The van der Waals surface area contributed by atoms with Crippen LogP contribution < -0.4 is 5.32 Å². The van der Waals surface area contributed by atoms with E-state index in [0.717, 1.165) is 0 Å². The van der Waals surface area contributed by atoms with Gasteiger partial charge in [-0.1, -0.05) is 19.1 Å². The van der Waals surface area contributed by atoms with Gasteiger partial charge in [-0.3, -0.25) is 14.9 Å². The summed E-state index contributed by atoms with van der Waals surface area (Å²) in [4.78, 5) is 21.9. The largest absolute Gasteiger partial charge is 0.393 e. The lowest BCUT2D eigenvalue weighted by molar-refractivity contribution is -0.384. The highest BCUT2D eigenvalue weighted by molar-refractivity contribution is 5.78. The highest BCUT2D eigenvalue weighted by atomic mass is 16.6. The van der Waals surface area contributed by atoms with Crippen LogP contribution in [0.15, 0.2) is 24.3 Å². The molecule has 1 amide bonds. The number of benzene rings is 1. The molecule has 1 aromatic rings. The van der Waals surface area contributed by atoms with Crippen LogP contribution in [0.5, 0.6) is 0 Å². The molecule has 2 unspecified atom stereocenters. The Kier molecular flexibility index (Phi) is 6.11. The summed E-state index contributed by atoms with van der Waals surface area (Å²) < 4.78 is 0. The molecular weight excluding hydrogens is 260 g/mol.